The molecule has 3 aromatic carbocycles. The van der Waals surface area contributed by atoms with Crippen molar-refractivity contribution in [2.24, 2.45) is 16.8 Å². The molecule has 0 aromatic heterocycles. The predicted octanol–water partition coefficient (Wildman–Crippen LogP) is 3.73. The van der Waals surface area contributed by atoms with Gasteiger partial charge in [0.15, 0.2) is 16.9 Å². The first-order valence-electron chi connectivity index (χ1n) is 14.4. The second-order valence-corrected chi connectivity index (χ2v) is 11.5. The number of amides is 1. The Morgan fingerprint density at radius 2 is 1.67 bits per heavy atom. The predicted molar refractivity (Wildman–Crippen MR) is 157 cm³/mol. The van der Waals surface area contributed by atoms with Crippen LogP contribution in [0, 0.1) is 11.8 Å². The fourth-order valence-electron chi connectivity index (χ4n) is 7.50. The maximum atomic E-state index is 14.5. The van der Waals surface area contributed by atoms with Gasteiger partial charge < -0.3 is 29.4 Å². The van der Waals surface area contributed by atoms with E-state index in [1.54, 1.807) is 40.5 Å². The number of fused-ring (bicyclic) bond motifs is 1. The molecule has 0 unspecified atom stereocenters. The second kappa shape index (κ2) is 9.62. The lowest BCUT2D eigenvalue weighted by Crippen LogP contribution is -2.62. The van der Waals surface area contributed by atoms with Crippen molar-refractivity contribution in [3.63, 3.8) is 0 Å². The Hall–Kier alpha value is -4.28. The van der Waals surface area contributed by atoms with Gasteiger partial charge in [0.25, 0.3) is 5.91 Å². The molecule has 0 saturated heterocycles. The number of benzene rings is 3. The van der Waals surface area contributed by atoms with Crippen LogP contribution in [0.1, 0.15) is 35.4 Å². The van der Waals surface area contributed by atoms with E-state index in [1.807, 2.05) is 54.6 Å². The third kappa shape index (κ3) is 3.47. The van der Waals surface area contributed by atoms with Crippen molar-refractivity contribution in [3.8, 4) is 23.0 Å². The summed E-state index contributed by atoms with van der Waals surface area (Å²) in [5.74, 6) is 0.617. The molecule has 2 fully saturated rings. The Morgan fingerprint density at radius 3 is 2.28 bits per heavy atom. The summed E-state index contributed by atoms with van der Waals surface area (Å²) >= 11 is 0. The van der Waals surface area contributed by atoms with Gasteiger partial charge in [-0.05, 0) is 36.1 Å². The molecule has 1 spiro atoms. The normalized spacial score (nSPS) is 29.9. The average Bonchev–Trinajstić information content (AvgIpc) is 3.75. The molecule has 2 heterocycles. The van der Waals surface area contributed by atoms with Gasteiger partial charge in [-0.15, -0.1) is 0 Å². The van der Waals surface area contributed by atoms with Crippen LogP contribution in [0.25, 0.3) is 0 Å². The van der Waals surface area contributed by atoms with Crippen LogP contribution in [-0.2, 0) is 20.8 Å². The van der Waals surface area contributed by atoms with E-state index in [4.69, 9.17) is 28.8 Å². The van der Waals surface area contributed by atoms with Crippen molar-refractivity contribution in [1.82, 2.24) is 10.4 Å². The van der Waals surface area contributed by atoms with Crippen LogP contribution in [0.5, 0.6) is 23.0 Å². The standard InChI is InChI=1S/C33H35N3O7/c1-36(42-5)30(37)28-26(19-9-7-6-8-10-19)31(21-13-15-22(39-2)16-14-21)32(33(28,38)35-29(34-32)20-11-12-20)27-24(41-4)17-23(40-3)18-25(27)43-31/h6-10,13-18,20,26,28,38H,11-12H2,1-5H3,(H,34,35)/t26-,28+,31+,32-,33-/m1/s1. The van der Waals surface area contributed by atoms with E-state index in [0.717, 1.165) is 29.0 Å². The largest absolute Gasteiger partial charge is 0.497 e. The van der Waals surface area contributed by atoms with Crippen LogP contribution in [0.3, 0.4) is 0 Å². The third-order valence-corrected chi connectivity index (χ3v) is 9.54. The first kappa shape index (κ1) is 27.5. The molecule has 224 valence electrons. The highest BCUT2D eigenvalue weighted by Crippen LogP contribution is 2.76. The lowest BCUT2D eigenvalue weighted by Gasteiger charge is -2.42. The maximum Gasteiger partial charge on any atom is 0.254 e. The summed E-state index contributed by atoms with van der Waals surface area (Å²) in [5.41, 5.74) is -2.84. The Labute approximate surface area is 250 Å². The van der Waals surface area contributed by atoms with E-state index >= 15 is 0 Å². The van der Waals surface area contributed by atoms with Gasteiger partial charge in [0.05, 0.1) is 34.0 Å². The number of nitrogens with one attached hydrogen (secondary N) is 1. The van der Waals surface area contributed by atoms with Gasteiger partial charge in [-0.3, -0.25) is 14.6 Å². The number of carbonyl (C=O) groups excluding carboxylic acids is 1. The molecular weight excluding hydrogens is 550 g/mol. The van der Waals surface area contributed by atoms with Gasteiger partial charge in [-0.25, -0.2) is 5.06 Å². The highest BCUT2D eigenvalue weighted by molar-refractivity contribution is 5.94. The number of hydrogen-bond donors (Lipinski definition) is 2. The highest BCUT2D eigenvalue weighted by Gasteiger charge is 2.87. The second-order valence-electron chi connectivity index (χ2n) is 11.5. The van der Waals surface area contributed by atoms with Crippen LogP contribution >= 0.6 is 0 Å². The number of methoxy groups -OCH3 is 3. The van der Waals surface area contributed by atoms with Crippen molar-refractivity contribution >= 4 is 11.7 Å². The molecule has 1 amide bonds. The van der Waals surface area contributed by atoms with Crippen molar-refractivity contribution in [3.05, 3.63) is 83.4 Å². The first-order valence-corrected chi connectivity index (χ1v) is 14.4. The molecule has 2 aliphatic carbocycles. The highest BCUT2D eigenvalue weighted by atomic mass is 16.7. The van der Waals surface area contributed by atoms with Crippen molar-refractivity contribution in [2.45, 2.75) is 35.6 Å². The number of carbonyl (C=O) groups is 1. The Bertz CT molecular complexity index is 1610. The molecule has 2 saturated carbocycles. The lowest BCUT2D eigenvalue weighted by atomic mass is 9.68. The van der Waals surface area contributed by atoms with Crippen LogP contribution in [-0.4, -0.2) is 63.1 Å². The summed E-state index contributed by atoms with van der Waals surface area (Å²) in [6.07, 6.45) is 1.86. The number of hydrogen-bond acceptors (Lipinski definition) is 9. The number of amidine groups is 1. The van der Waals surface area contributed by atoms with E-state index < -0.39 is 34.6 Å². The van der Waals surface area contributed by atoms with Gasteiger partial charge >= 0.3 is 0 Å². The molecule has 10 nitrogen and oxygen atoms in total. The summed E-state index contributed by atoms with van der Waals surface area (Å²) in [7, 11) is 7.73. The van der Waals surface area contributed by atoms with Crippen LogP contribution < -0.4 is 24.3 Å². The summed E-state index contributed by atoms with van der Waals surface area (Å²) in [6, 6.07) is 20.8. The SMILES string of the molecule is COc1ccc([C@@]23Oc4cc(OC)cc(OC)c4[C@@]24N=C(C2CC2)N[C@@]4(O)[C@H](C(=O)N(C)OC)[C@H]3c2ccccc2)cc1. The van der Waals surface area contributed by atoms with Crippen LogP contribution in [0.2, 0.25) is 0 Å². The fraction of sp³-hybridized carbons (Fsp3) is 0.394. The summed E-state index contributed by atoms with van der Waals surface area (Å²) in [4.78, 5) is 25.4. The van der Waals surface area contributed by atoms with E-state index in [2.05, 4.69) is 5.32 Å². The van der Waals surface area contributed by atoms with Gasteiger partial charge in [-0.2, -0.15) is 0 Å². The molecule has 0 bridgehead atoms. The minimum atomic E-state index is -1.94. The van der Waals surface area contributed by atoms with Crippen LogP contribution in [0.15, 0.2) is 71.7 Å². The molecule has 2 aliphatic heterocycles. The number of aliphatic imine (C=N–C) groups is 1. The molecule has 7 rings (SSSR count). The topological polar surface area (TPSA) is 111 Å². The van der Waals surface area contributed by atoms with Crippen molar-refractivity contribution in [2.75, 3.05) is 35.5 Å². The van der Waals surface area contributed by atoms with Crippen molar-refractivity contribution in [1.29, 1.82) is 0 Å². The zero-order valence-electron chi connectivity index (χ0n) is 24.8. The molecule has 43 heavy (non-hydrogen) atoms. The summed E-state index contributed by atoms with van der Waals surface area (Å²) in [6.45, 7) is 0. The summed E-state index contributed by atoms with van der Waals surface area (Å²) < 4.78 is 24.3. The molecular formula is C33H35N3O7. The van der Waals surface area contributed by atoms with E-state index in [9.17, 15) is 9.90 Å². The smallest absolute Gasteiger partial charge is 0.254 e. The fourth-order valence-corrected chi connectivity index (χ4v) is 7.50. The first-order chi connectivity index (χ1) is 20.8. The zero-order valence-corrected chi connectivity index (χ0v) is 24.8. The zero-order chi connectivity index (χ0) is 30.1. The number of rotatable bonds is 8. The molecule has 0 radical (unpaired) electrons. The number of ether oxygens (including phenoxy) is 4. The molecule has 4 aliphatic rings. The van der Waals surface area contributed by atoms with Gasteiger partial charge in [0.1, 0.15) is 34.8 Å². The van der Waals surface area contributed by atoms with Gasteiger partial charge in [-0.1, -0.05) is 42.5 Å². The monoisotopic (exact) mass is 585 g/mol. The molecule has 10 heteroatoms. The van der Waals surface area contributed by atoms with Gasteiger partial charge in [0.2, 0.25) is 0 Å². The number of hydroxylamine groups is 2. The molecule has 3 aromatic rings. The minimum absolute atomic E-state index is 0.136. The average molecular weight is 586 g/mol. The van der Waals surface area contributed by atoms with E-state index in [0.29, 0.717) is 34.4 Å². The Kier molecular flexibility index (Phi) is 6.16. The summed E-state index contributed by atoms with van der Waals surface area (Å²) in [5, 5.41) is 17.9. The van der Waals surface area contributed by atoms with Crippen molar-refractivity contribution < 1.29 is 33.7 Å². The Balaban J connectivity index is 1.64. The lowest BCUT2D eigenvalue weighted by molar-refractivity contribution is -0.184. The maximum absolute atomic E-state index is 14.5. The Morgan fingerprint density at radius 1 is 0.977 bits per heavy atom. The number of nitrogens with zero attached hydrogens (tertiary/aromatic N) is 2. The molecule has 2 N–H and O–H groups in total. The van der Waals surface area contributed by atoms with Crippen LogP contribution in [0.4, 0.5) is 0 Å². The third-order valence-electron chi connectivity index (χ3n) is 9.54. The minimum Gasteiger partial charge on any atom is -0.497 e. The van der Waals surface area contributed by atoms with Gasteiger partial charge in [0, 0.05) is 31.0 Å². The molecule has 5 atom stereocenters. The van der Waals surface area contributed by atoms with E-state index in [1.165, 1.54) is 7.11 Å². The quantitative estimate of drug-likeness (QED) is 0.385. The van der Waals surface area contributed by atoms with E-state index in [-0.39, 0.29) is 5.92 Å². The number of aliphatic hydroxyl groups is 1.